The van der Waals surface area contributed by atoms with E-state index in [1.807, 2.05) is 0 Å². The van der Waals surface area contributed by atoms with E-state index in [1.54, 1.807) is 0 Å². The third kappa shape index (κ3) is 5.01. The molecule has 6 aromatic rings. The Hall–Kier alpha value is -4.23. The molecule has 2 aliphatic rings. The summed E-state index contributed by atoms with van der Waals surface area (Å²) >= 11 is 6.68. The van der Waals surface area contributed by atoms with Crippen molar-refractivity contribution < 1.29 is 0 Å². The van der Waals surface area contributed by atoms with Crippen LogP contribution in [0.2, 0.25) is 0 Å². The third-order valence-electron chi connectivity index (χ3n) is 11.0. The summed E-state index contributed by atoms with van der Waals surface area (Å²) in [5.74, 6) is 0. The van der Waals surface area contributed by atoms with Gasteiger partial charge in [0.15, 0.2) is 0 Å². The van der Waals surface area contributed by atoms with Gasteiger partial charge in [-0.3, -0.25) is 0 Å². The Balaban J connectivity index is 1.19. The molecule has 0 saturated heterocycles. The van der Waals surface area contributed by atoms with Crippen LogP contribution in [-0.2, 0) is 22.6 Å². The molecule has 1 aliphatic heterocycles. The van der Waals surface area contributed by atoms with Crippen molar-refractivity contribution >= 4 is 50.8 Å². The first kappa shape index (κ1) is 31.1. The lowest BCUT2D eigenvalue weighted by atomic mass is 9.65. The van der Waals surface area contributed by atoms with Gasteiger partial charge >= 0.3 is 0 Å². The lowest BCUT2D eigenvalue weighted by Gasteiger charge is -2.42. The number of anilines is 3. The first-order chi connectivity index (χ1) is 23.4. The van der Waals surface area contributed by atoms with E-state index in [0.29, 0.717) is 0 Å². The molecule has 0 spiro atoms. The van der Waals surface area contributed by atoms with Gasteiger partial charge in [0.05, 0.1) is 11.4 Å². The Morgan fingerprint density at radius 3 is 1.40 bits per heavy atom. The minimum Gasteiger partial charge on any atom is -0.310 e. The van der Waals surface area contributed by atoms with E-state index in [0.717, 1.165) is 0 Å². The highest BCUT2D eigenvalue weighted by molar-refractivity contribution is 8.25. The number of para-hydroxylation sites is 2. The lowest BCUT2D eigenvalue weighted by molar-refractivity contribution is 0.346. The van der Waals surface area contributed by atoms with Crippen LogP contribution in [0.25, 0.3) is 0 Å². The molecule has 0 radical (unpaired) electrons. The van der Waals surface area contributed by atoms with Crippen molar-refractivity contribution in [1.82, 2.24) is 0 Å². The maximum Gasteiger partial charge on any atom is 0.0502 e. The van der Waals surface area contributed by atoms with Crippen molar-refractivity contribution in [3.8, 4) is 0 Å². The fraction of sp³-hybridized carbons (Fsp3) is 0.200. The molecular weight excluding hydrogens is 618 g/mol. The lowest BCUT2D eigenvalue weighted by Crippen LogP contribution is -2.32. The topological polar surface area (TPSA) is 3.24 Å². The van der Waals surface area contributed by atoms with Gasteiger partial charge in [0, 0.05) is 22.6 Å². The summed E-state index contributed by atoms with van der Waals surface area (Å²) in [5, 5.41) is 3.74. The van der Waals surface area contributed by atoms with E-state index in [-0.39, 0.29) is 10.8 Å². The second-order valence-electron chi connectivity index (χ2n) is 14.0. The highest BCUT2D eigenvalue weighted by Crippen LogP contribution is 2.52. The first-order valence-electron chi connectivity index (χ1n) is 17.4. The predicted octanol–water partition coefficient (Wildman–Crippen LogP) is 10.8. The van der Waals surface area contributed by atoms with Gasteiger partial charge in [-0.1, -0.05) is 178 Å². The molecule has 1 aliphatic carbocycles. The monoisotopic (exact) mass is 659 g/mol. The Kier molecular flexibility index (Phi) is 7.98. The highest BCUT2D eigenvalue weighted by Gasteiger charge is 2.38. The third-order valence-corrected chi connectivity index (χ3v) is 16.0. The van der Waals surface area contributed by atoms with Crippen LogP contribution in [0.3, 0.4) is 0 Å². The van der Waals surface area contributed by atoms with Crippen LogP contribution in [0.5, 0.6) is 0 Å². The van der Waals surface area contributed by atoms with Crippen LogP contribution >= 0.6 is 6.04 Å². The summed E-state index contributed by atoms with van der Waals surface area (Å²) in [6.07, 6.45) is 6.13. The van der Waals surface area contributed by atoms with E-state index in [9.17, 15) is 0 Å². The van der Waals surface area contributed by atoms with Crippen molar-refractivity contribution in [2.24, 2.45) is 0 Å². The fourth-order valence-corrected chi connectivity index (χ4v) is 12.2. The molecule has 48 heavy (non-hydrogen) atoms. The zero-order valence-corrected chi connectivity index (χ0v) is 29.6. The molecule has 0 aromatic heterocycles. The average Bonchev–Trinajstić information content (AvgIpc) is 3.16. The summed E-state index contributed by atoms with van der Waals surface area (Å²) in [5.41, 5.74) is 9.24. The zero-order chi connectivity index (χ0) is 32.8. The van der Waals surface area contributed by atoms with Gasteiger partial charge < -0.3 is 4.90 Å². The van der Waals surface area contributed by atoms with E-state index in [2.05, 4.69) is 176 Å². The van der Waals surface area contributed by atoms with Gasteiger partial charge in [-0.25, -0.2) is 0 Å². The largest absolute Gasteiger partial charge is 0.310 e. The van der Waals surface area contributed by atoms with Gasteiger partial charge in [-0.2, -0.15) is 0 Å². The second-order valence-corrected chi connectivity index (χ2v) is 18.4. The molecule has 0 unspecified atom stereocenters. The van der Waals surface area contributed by atoms with E-state index >= 15 is 0 Å². The number of nitrogens with zero attached hydrogens (tertiary/aromatic N) is 1. The molecule has 8 rings (SSSR count). The number of hydrogen-bond donors (Lipinski definition) is 0. The molecule has 1 heterocycles. The van der Waals surface area contributed by atoms with Gasteiger partial charge in [0.2, 0.25) is 0 Å². The zero-order valence-electron chi connectivity index (χ0n) is 27.8. The van der Waals surface area contributed by atoms with Crippen molar-refractivity contribution in [3.05, 3.63) is 180 Å². The summed E-state index contributed by atoms with van der Waals surface area (Å²) < 4.78 is 0. The Morgan fingerprint density at radius 1 is 0.479 bits per heavy atom. The van der Waals surface area contributed by atoms with Crippen LogP contribution in [0, 0.1) is 0 Å². The van der Waals surface area contributed by atoms with Crippen molar-refractivity contribution in [3.63, 3.8) is 0 Å². The number of fused-ring (bicyclic) bond motifs is 2. The van der Waals surface area contributed by atoms with E-state index in [1.165, 1.54) is 87.3 Å². The quantitative estimate of drug-likeness (QED) is 0.164. The van der Waals surface area contributed by atoms with Crippen molar-refractivity contribution in [2.75, 3.05) is 4.90 Å². The standard InChI is InChI=1S/C45H42NPS/c1-44(2)40-20-10-12-22-42(40)46(43-23-13-11-21-41(43)44)36-28-24-34(25-29-36)45(32-14-5-15-33-45)35-26-30-39(31-27-35)47(48,37-16-6-3-7-17-37)38-18-8-4-9-19-38/h3-4,6-13,16-31H,5,14-15,32-33H2,1-2H3. The number of benzene rings is 6. The molecule has 0 N–H and O–H groups in total. The number of rotatable bonds is 6. The van der Waals surface area contributed by atoms with Gasteiger partial charge in [-0.05, 0) is 75.3 Å². The van der Waals surface area contributed by atoms with E-state index in [4.69, 9.17) is 11.8 Å². The van der Waals surface area contributed by atoms with Crippen molar-refractivity contribution in [1.29, 1.82) is 0 Å². The SMILES string of the molecule is CC1(C)c2ccccc2N(c2ccc(C3(c4ccc(P(=S)(c5ccccc5)c5ccccc5)cc4)CCCCC3)cc2)c2ccccc21. The molecule has 1 nitrogen and oxygen atoms in total. The summed E-state index contributed by atoms with van der Waals surface area (Å²) in [6, 6.07) is 56.2. The average molecular weight is 660 g/mol. The molecule has 1 saturated carbocycles. The Labute approximate surface area is 291 Å². The fourth-order valence-electron chi connectivity index (χ4n) is 8.49. The molecular formula is C45H42NPS. The molecule has 0 atom stereocenters. The molecule has 0 amide bonds. The van der Waals surface area contributed by atoms with Crippen LogP contribution in [0.15, 0.2) is 158 Å². The van der Waals surface area contributed by atoms with Crippen LogP contribution in [0.4, 0.5) is 17.1 Å². The van der Waals surface area contributed by atoms with Crippen LogP contribution in [-0.4, -0.2) is 0 Å². The highest BCUT2D eigenvalue weighted by atomic mass is 32.4. The van der Waals surface area contributed by atoms with Crippen LogP contribution in [0.1, 0.15) is 68.2 Å². The minimum absolute atomic E-state index is 0.00291. The first-order valence-corrected chi connectivity index (χ1v) is 20.2. The maximum absolute atomic E-state index is 6.68. The van der Waals surface area contributed by atoms with Gasteiger partial charge in [0.25, 0.3) is 0 Å². The molecule has 238 valence electrons. The van der Waals surface area contributed by atoms with E-state index < -0.39 is 6.04 Å². The molecule has 6 aromatic carbocycles. The molecule has 0 bridgehead atoms. The normalized spacial score (nSPS) is 16.5. The van der Waals surface area contributed by atoms with Gasteiger partial charge in [0.1, 0.15) is 0 Å². The summed E-state index contributed by atoms with van der Waals surface area (Å²) in [7, 11) is 0. The van der Waals surface area contributed by atoms with Crippen LogP contribution < -0.4 is 20.8 Å². The summed E-state index contributed by atoms with van der Waals surface area (Å²) in [4.78, 5) is 2.46. The Morgan fingerprint density at radius 2 is 0.896 bits per heavy atom. The predicted molar refractivity (Wildman–Crippen MR) is 210 cm³/mol. The maximum atomic E-state index is 6.68. The molecule has 3 heteroatoms. The van der Waals surface area contributed by atoms with Gasteiger partial charge in [-0.15, -0.1) is 0 Å². The molecule has 1 fully saturated rings. The Bertz CT molecular complexity index is 2000. The summed E-state index contributed by atoms with van der Waals surface area (Å²) in [6.45, 7) is 4.70. The van der Waals surface area contributed by atoms with Crippen molar-refractivity contribution in [2.45, 2.75) is 56.8 Å². The smallest absolute Gasteiger partial charge is 0.0502 e. The number of hydrogen-bond acceptors (Lipinski definition) is 2. The second kappa shape index (κ2) is 12.3. The minimum atomic E-state index is -2.19.